The fourth-order valence-electron chi connectivity index (χ4n) is 5.11. The molecular formula is C29H37N3O5. The Morgan fingerprint density at radius 3 is 2.22 bits per heavy atom. The lowest BCUT2D eigenvalue weighted by atomic mass is 9.91. The van der Waals surface area contributed by atoms with Gasteiger partial charge in [0.05, 0.1) is 19.8 Å². The maximum absolute atomic E-state index is 13.9. The van der Waals surface area contributed by atoms with Crippen LogP contribution in [0.5, 0.6) is 5.75 Å². The number of ether oxygens (including phenoxy) is 2. The van der Waals surface area contributed by atoms with Gasteiger partial charge in [-0.3, -0.25) is 19.3 Å². The fraction of sp³-hybridized carbons (Fsp3) is 0.483. The van der Waals surface area contributed by atoms with Gasteiger partial charge < -0.3 is 19.7 Å². The highest BCUT2D eigenvalue weighted by atomic mass is 16.5. The SMILES string of the molecule is COc1ccc(C(=O)N2[C@H](C(=O)N[C@H](C)c3ccccc3)COC23CCN(C(=O)C(C)(C)C)CC3)cc1. The van der Waals surface area contributed by atoms with Gasteiger partial charge in [0.1, 0.15) is 17.5 Å². The predicted molar refractivity (Wildman–Crippen MR) is 140 cm³/mol. The van der Waals surface area contributed by atoms with Gasteiger partial charge in [-0.25, -0.2) is 0 Å². The van der Waals surface area contributed by atoms with Gasteiger partial charge in [0.25, 0.3) is 5.91 Å². The Morgan fingerprint density at radius 2 is 1.65 bits per heavy atom. The summed E-state index contributed by atoms with van der Waals surface area (Å²) >= 11 is 0. The van der Waals surface area contributed by atoms with Gasteiger partial charge in [-0.1, -0.05) is 51.1 Å². The van der Waals surface area contributed by atoms with Crippen LogP contribution in [0.2, 0.25) is 0 Å². The van der Waals surface area contributed by atoms with Gasteiger partial charge in [-0.15, -0.1) is 0 Å². The summed E-state index contributed by atoms with van der Waals surface area (Å²) in [6, 6.07) is 15.6. The second-order valence-electron chi connectivity index (χ2n) is 10.9. The normalized spacial score (nSPS) is 20.0. The van der Waals surface area contributed by atoms with E-state index in [4.69, 9.17) is 9.47 Å². The molecule has 2 fully saturated rings. The first-order valence-corrected chi connectivity index (χ1v) is 12.8. The Balaban J connectivity index is 1.59. The topological polar surface area (TPSA) is 88.2 Å². The standard InChI is InChI=1S/C29H37N3O5/c1-20(21-9-7-6-8-10-21)30-25(33)24-19-37-29(15-17-31(18-16-29)27(35)28(2,3)4)32(24)26(34)22-11-13-23(36-5)14-12-22/h6-14,20,24H,15-19H2,1-5H3,(H,30,33)/t20-,24+/m1/s1. The fourth-order valence-corrected chi connectivity index (χ4v) is 5.11. The first kappa shape index (κ1) is 26.7. The van der Waals surface area contributed by atoms with Crippen LogP contribution < -0.4 is 10.1 Å². The molecular weight excluding hydrogens is 470 g/mol. The lowest BCUT2D eigenvalue weighted by Gasteiger charge is -2.45. The molecule has 2 saturated heterocycles. The van der Waals surface area contributed by atoms with Crippen molar-refractivity contribution >= 4 is 17.7 Å². The monoisotopic (exact) mass is 507 g/mol. The summed E-state index contributed by atoms with van der Waals surface area (Å²) in [5, 5.41) is 3.06. The molecule has 3 amide bonds. The molecule has 198 valence electrons. The van der Waals surface area contributed by atoms with Crippen LogP contribution in [0, 0.1) is 5.41 Å². The number of nitrogens with one attached hydrogen (secondary N) is 1. The molecule has 0 aromatic heterocycles. The highest BCUT2D eigenvalue weighted by molar-refractivity contribution is 5.98. The number of nitrogens with zero attached hydrogens (tertiary/aromatic N) is 2. The Bertz CT molecular complexity index is 1120. The van der Waals surface area contributed by atoms with Crippen molar-refractivity contribution in [2.75, 3.05) is 26.8 Å². The number of carbonyl (C=O) groups is 3. The number of hydrogen-bond donors (Lipinski definition) is 1. The number of rotatable bonds is 5. The molecule has 8 heteroatoms. The van der Waals surface area contributed by atoms with Gasteiger partial charge >= 0.3 is 0 Å². The van der Waals surface area contributed by atoms with E-state index in [1.807, 2.05) is 62.9 Å². The molecule has 4 rings (SSSR count). The third-order valence-corrected chi connectivity index (χ3v) is 7.25. The van der Waals surface area contributed by atoms with Crippen LogP contribution in [-0.2, 0) is 14.3 Å². The van der Waals surface area contributed by atoms with Gasteiger partial charge in [-0.2, -0.15) is 0 Å². The van der Waals surface area contributed by atoms with Crippen LogP contribution in [0.3, 0.4) is 0 Å². The molecule has 8 nitrogen and oxygen atoms in total. The van der Waals surface area contributed by atoms with E-state index in [1.165, 1.54) is 0 Å². The van der Waals surface area contributed by atoms with Crippen molar-refractivity contribution in [1.29, 1.82) is 0 Å². The Hall–Kier alpha value is -3.39. The van der Waals surface area contributed by atoms with Crippen LogP contribution in [-0.4, -0.2) is 66.1 Å². The average Bonchev–Trinajstić information content (AvgIpc) is 3.26. The molecule has 1 N–H and O–H groups in total. The van der Waals surface area contributed by atoms with Crippen LogP contribution >= 0.6 is 0 Å². The van der Waals surface area contributed by atoms with E-state index in [0.717, 1.165) is 5.56 Å². The maximum Gasteiger partial charge on any atom is 0.256 e. The molecule has 37 heavy (non-hydrogen) atoms. The number of hydrogen-bond acceptors (Lipinski definition) is 5. The summed E-state index contributed by atoms with van der Waals surface area (Å²) < 4.78 is 11.5. The quantitative estimate of drug-likeness (QED) is 0.666. The minimum Gasteiger partial charge on any atom is -0.497 e. The zero-order chi connectivity index (χ0) is 26.8. The van der Waals surface area contributed by atoms with Crippen molar-refractivity contribution in [2.45, 2.75) is 58.3 Å². The lowest BCUT2D eigenvalue weighted by Crippen LogP contribution is -2.60. The van der Waals surface area contributed by atoms with Gasteiger partial charge in [0.15, 0.2) is 0 Å². The van der Waals surface area contributed by atoms with Crippen LogP contribution in [0.25, 0.3) is 0 Å². The Labute approximate surface area is 218 Å². The van der Waals surface area contributed by atoms with E-state index in [0.29, 0.717) is 37.2 Å². The highest BCUT2D eigenvalue weighted by Gasteiger charge is 2.54. The lowest BCUT2D eigenvalue weighted by molar-refractivity contribution is -0.150. The van der Waals surface area contributed by atoms with Crippen molar-refractivity contribution in [1.82, 2.24) is 15.1 Å². The summed E-state index contributed by atoms with van der Waals surface area (Å²) in [6.07, 6.45) is 0.878. The van der Waals surface area contributed by atoms with Crippen molar-refractivity contribution < 1.29 is 23.9 Å². The zero-order valence-corrected chi connectivity index (χ0v) is 22.3. The molecule has 0 saturated carbocycles. The third kappa shape index (κ3) is 5.49. The molecule has 2 aliphatic rings. The summed E-state index contributed by atoms with van der Waals surface area (Å²) in [4.78, 5) is 43.8. The average molecular weight is 508 g/mol. The number of likely N-dealkylation sites (tertiary alicyclic amines) is 1. The number of carbonyl (C=O) groups excluding carboxylic acids is 3. The van der Waals surface area contributed by atoms with Gasteiger partial charge in [0, 0.05) is 36.9 Å². The number of piperidine rings is 1. The number of methoxy groups -OCH3 is 1. The third-order valence-electron chi connectivity index (χ3n) is 7.25. The molecule has 0 aliphatic carbocycles. The van der Waals surface area contributed by atoms with Crippen molar-refractivity contribution in [3.05, 3.63) is 65.7 Å². The number of benzene rings is 2. The van der Waals surface area contributed by atoms with E-state index in [-0.39, 0.29) is 30.4 Å². The van der Waals surface area contributed by atoms with Crippen LogP contribution in [0.1, 0.15) is 62.5 Å². The molecule has 0 radical (unpaired) electrons. The van der Waals surface area contributed by atoms with Gasteiger partial charge in [0.2, 0.25) is 11.8 Å². The number of amides is 3. The zero-order valence-electron chi connectivity index (χ0n) is 22.3. The van der Waals surface area contributed by atoms with Gasteiger partial charge in [-0.05, 0) is 36.8 Å². The minimum absolute atomic E-state index is 0.0688. The van der Waals surface area contributed by atoms with E-state index < -0.39 is 17.2 Å². The first-order chi connectivity index (χ1) is 17.6. The van der Waals surface area contributed by atoms with E-state index >= 15 is 0 Å². The minimum atomic E-state index is -0.955. The van der Waals surface area contributed by atoms with E-state index in [1.54, 1.807) is 36.3 Å². The molecule has 0 bridgehead atoms. The summed E-state index contributed by atoms with van der Waals surface area (Å²) in [5.41, 5.74) is -0.0152. The van der Waals surface area contributed by atoms with Crippen LogP contribution in [0.15, 0.2) is 54.6 Å². The van der Waals surface area contributed by atoms with Crippen molar-refractivity contribution in [3.8, 4) is 5.75 Å². The van der Waals surface area contributed by atoms with Crippen molar-refractivity contribution in [2.24, 2.45) is 5.41 Å². The smallest absolute Gasteiger partial charge is 0.256 e. The molecule has 2 aromatic carbocycles. The molecule has 2 heterocycles. The molecule has 2 aliphatic heterocycles. The molecule has 2 aromatic rings. The van der Waals surface area contributed by atoms with E-state index in [2.05, 4.69) is 5.32 Å². The Morgan fingerprint density at radius 1 is 1.03 bits per heavy atom. The summed E-state index contributed by atoms with van der Waals surface area (Å²) in [5.74, 6) is 0.176. The van der Waals surface area contributed by atoms with Crippen LogP contribution in [0.4, 0.5) is 0 Å². The maximum atomic E-state index is 13.9. The second-order valence-corrected chi connectivity index (χ2v) is 10.9. The summed E-state index contributed by atoms with van der Waals surface area (Å²) in [6.45, 7) is 8.64. The highest BCUT2D eigenvalue weighted by Crippen LogP contribution is 2.39. The molecule has 1 spiro atoms. The Kier molecular flexibility index (Phi) is 7.59. The summed E-state index contributed by atoms with van der Waals surface area (Å²) in [7, 11) is 1.57. The molecule has 2 atom stereocenters. The predicted octanol–water partition coefficient (Wildman–Crippen LogP) is 3.78. The second kappa shape index (κ2) is 10.5. The first-order valence-electron chi connectivity index (χ1n) is 12.8. The largest absolute Gasteiger partial charge is 0.497 e. The molecule has 0 unspecified atom stereocenters. The van der Waals surface area contributed by atoms with E-state index in [9.17, 15) is 14.4 Å². The van der Waals surface area contributed by atoms with Crippen molar-refractivity contribution in [3.63, 3.8) is 0 Å².